The van der Waals surface area contributed by atoms with E-state index in [2.05, 4.69) is 11.0 Å². The minimum absolute atomic E-state index is 0.232. The van der Waals surface area contributed by atoms with Crippen LogP contribution in [-0.4, -0.2) is 65.2 Å². The van der Waals surface area contributed by atoms with Crippen molar-refractivity contribution in [3.63, 3.8) is 0 Å². The Balaban J connectivity index is 0.000000259. The molecule has 1 aliphatic heterocycles. The molecule has 2 aromatic carbocycles. The van der Waals surface area contributed by atoms with Gasteiger partial charge in [0.25, 0.3) is 0 Å². The van der Waals surface area contributed by atoms with E-state index in [-0.39, 0.29) is 18.6 Å². The van der Waals surface area contributed by atoms with Crippen LogP contribution in [0, 0.1) is 23.7 Å². The number of aryl methyl sites for hydroxylation is 1. The summed E-state index contributed by atoms with van der Waals surface area (Å²) in [5.41, 5.74) is 10.4. The zero-order chi connectivity index (χ0) is 29.0. The highest BCUT2D eigenvalue weighted by molar-refractivity contribution is 5.77. The zero-order valence-corrected chi connectivity index (χ0v) is 23.7. The van der Waals surface area contributed by atoms with Gasteiger partial charge in [-0.05, 0) is 61.8 Å². The van der Waals surface area contributed by atoms with Crippen LogP contribution < -0.4 is 10.6 Å². The number of piperidine rings is 1. The number of nitrogens with zero attached hydrogens (tertiary/aromatic N) is 3. The first kappa shape index (κ1) is 32.0. The Labute approximate surface area is 233 Å². The van der Waals surface area contributed by atoms with Gasteiger partial charge in [0.1, 0.15) is 12.2 Å². The third-order valence-corrected chi connectivity index (χ3v) is 7.65. The minimum Gasteiger partial charge on any atom is -0.389 e. The lowest BCUT2D eigenvalue weighted by molar-refractivity contribution is -0.136. The molecule has 1 spiro atoms. The molecule has 4 N–H and O–H groups in total. The lowest BCUT2D eigenvalue weighted by Gasteiger charge is -2.34. The number of benzene rings is 2. The van der Waals surface area contributed by atoms with E-state index >= 15 is 0 Å². The Hall–Kier alpha value is -3.25. The number of hydrogen-bond acceptors (Lipinski definition) is 7. The van der Waals surface area contributed by atoms with Gasteiger partial charge in [-0.25, -0.2) is 0 Å². The van der Waals surface area contributed by atoms with Crippen molar-refractivity contribution >= 4 is 17.9 Å². The maximum atomic E-state index is 12.1. The summed E-state index contributed by atoms with van der Waals surface area (Å²) in [6.07, 6.45) is 0.639. The molecular formula is C31H44N4O4. The molecule has 8 heteroatoms. The van der Waals surface area contributed by atoms with Crippen molar-refractivity contribution in [3.05, 3.63) is 65.2 Å². The maximum absolute atomic E-state index is 12.1. The number of rotatable bonds is 8. The normalized spacial score (nSPS) is 18.3. The molecule has 2 fully saturated rings. The van der Waals surface area contributed by atoms with Crippen LogP contribution in [0.1, 0.15) is 63.1 Å². The number of anilines is 1. The molecule has 1 amide bonds. The van der Waals surface area contributed by atoms with E-state index in [0.29, 0.717) is 24.5 Å². The number of aliphatic hydroxyl groups excluding tert-OH is 2. The van der Waals surface area contributed by atoms with Gasteiger partial charge in [-0.2, -0.15) is 5.26 Å². The van der Waals surface area contributed by atoms with Gasteiger partial charge in [-0.1, -0.05) is 50.2 Å². The monoisotopic (exact) mass is 536 g/mol. The summed E-state index contributed by atoms with van der Waals surface area (Å²) in [5, 5.41) is 27.8. The van der Waals surface area contributed by atoms with Crippen molar-refractivity contribution in [2.24, 2.45) is 11.1 Å². The van der Waals surface area contributed by atoms with Crippen LogP contribution in [0.4, 0.5) is 5.69 Å². The number of para-hydroxylation sites is 1. The fraction of sp³-hybridized carbons (Fsp3) is 0.516. The summed E-state index contributed by atoms with van der Waals surface area (Å²) < 4.78 is 0. The van der Waals surface area contributed by atoms with E-state index < -0.39 is 12.2 Å². The summed E-state index contributed by atoms with van der Waals surface area (Å²) in [6, 6.07) is 18.3. The van der Waals surface area contributed by atoms with E-state index in [9.17, 15) is 19.8 Å². The van der Waals surface area contributed by atoms with Crippen molar-refractivity contribution in [2.45, 2.75) is 78.2 Å². The zero-order valence-electron chi connectivity index (χ0n) is 23.7. The minimum atomic E-state index is -1.52. The molecule has 3 atom stereocenters. The summed E-state index contributed by atoms with van der Waals surface area (Å²) in [5.74, 6) is -0.288. The van der Waals surface area contributed by atoms with Gasteiger partial charge in [-0.3, -0.25) is 4.79 Å². The number of nitriles is 1. The van der Waals surface area contributed by atoms with Gasteiger partial charge in [0, 0.05) is 32.2 Å². The average molecular weight is 537 g/mol. The van der Waals surface area contributed by atoms with Crippen molar-refractivity contribution < 1.29 is 19.8 Å². The molecule has 8 nitrogen and oxygen atoms in total. The number of aldehydes is 1. The molecule has 1 saturated heterocycles. The molecule has 1 saturated carbocycles. The summed E-state index contributed by atoms with van der Waals surface area (Å²) in [6.45, 7) is 10.8. The average Bonchev–Trinajstić information content (AvgIpc) is 3.60. The summed E-state index contributed by atoms with van der Waals surface area (Å²) >= 11 is 0. The fourth-order valence-electron chi connectivity index (χ4n) is 4.88. The first-order valence-corrected chi connectivity index (χ1v) is 13.9. The second-order valence-electron chi connectivity index (χ2n) is 10.0. The molecule has 0 bridgehead atoms. The highest BCUT2D eigenvalue weighted by Crippen LogP contribution is 2.52. The van der Waals surface area contributed by atoms with Crippen LogP contribution in [0.25, 0.3) is 0 Å². The Morgan fingerprint density at radius 1 is 1.18 bits per heavy atom. The molecule has 2 aromatic rings. The predicted octanol–water partition coefficient (Wildman–Crippen LogP) is 3.56. The molecule has 2 aliphatic rings. The van der Waals surface area contributed by atoms with Crippen molar-refractivity contribution in [1.82, 2.24) is 4.90 Å². The standard InChI is InChI=1S/C15H21NO4.C14H17N3.C2H6/c1-3-16(9-12-7-5-4-6-11(12)2)15(20)8-13(18)14(19)10-17;15-10-11-3-1-2-4-12(11)17-7-5-14(6-8-17)9-13(14)16;1-2/h4-7,10,13-14,18-19H,3,8-9H2,1-2H3;1-4,13H,5-9,16H2;1-2H3/t13-,14?;;/m0../s1. The largest absolute Gasteiger partial charge is 0.389 e. The topological polar surface area (TPSA) is 131 Å². The molecular weight excluding hydrogens is 492 g/mol. The summed E-state index contributed by atoms with van der Waals surface area (Å²) in [4.78, 5) is 26.3. The second kappa shape index (κ2) is 15.4. The van der Waals surface area contributed by atoms with Gasteiger partial charge in [0.2, 0.25) is 5.91 Å². The van der Waals surface area contributed by atoms with E-state index in [4.69, 9.17) is 11.0 Å². The lowest BCUT2D eigenvalue weighted by Crippen LogP contribution is -2.37. The van der Waals surface area contributed by atoms with Gasteiger partial charge in [0.05, 0.1) is 23.8 Å². The molecule has 1 aliphatic carbocycles. The molecule has 2 unspecified atom stereocenters. The second-order valence-corrected chi connectivity index (χ2v) is 10.0. The number of carbonyl (C=O) groups excluding carboxylic acids is 2. The van der Waals surface area contributed by atoms with Crippen LogP contribution in [0.5, 0.6) is 0 Å². The fourth-order valence-corrected chi connectivity index (χ4v) is 4.88. The lowest BCUT2D eigenvalue weighted by atomic mass is 9.92. The van der Waals surface area contributed by atoms with Crippen LogP contribution >= 0.6 is 0 Å². The Morgan fingerprint density at radius 2 is 1.77 bits per heavy atom. The maximum Gasteiger partial charge on any atom is 0.225 e. The molecule has 212 valence electrons. The van der Waals surface area contributed by atoms with Gasteiger partial charge >= 0.3 is 0 Å². The van der Waals surface area contributed by atoms with Crippen molar-refractivity contribution in [1.29, 1.82) is 5.26 Å². The first-order chi connectivity index (χ1) is 18.7. The highest BCUT2D eigenvalue weighted by Gasteiger charge is 2.52. The van der Waals surface area contributed by atoms with Gasteiger partial charge in [0.15, 0.2) is 6.29 Å². The van der Waals surface area contributed by atoms with E-state index in [1.807, 2.05) is 76.2 Å². The highest BCUT2D eigenvalue weighted by atomic mass is 16.3. The Kier molecular flexibility index (Phi) is 12.6. The molecule has 4 rings (SSSR count). The van der Waals surface area contributed by atoms with Gasteiger partial charge in [-0.15, -0.1) is 0 Å². The summed E-state index contributed by atoms with van der Waals surface area (Å²) in [7, 11) is 0. The SMILES string of the molecule is CC.CCN(Cc1ccccc1C)C(=O)C[C@H](O)C(O)C=O.N#Cc1ccccc1N1CCC2(CC1)CC2N. The van der Waals surface area contributed by atoms with Crippen LogP contribution in [0.15, 0.2) is 48.5 Å². The smallest absolute Gasteiger partial charge is 0.225 e. The molecule has 0 aromatic heterocycles. The van der Waals surface area contributed by atoms with Crippen molar-refractivity contribution in [3.8, 4) is 6.07 Å². The van der Waals surface area contributed by atoms with Crippen molar-refractivity contribution in [2.75, 3.05) is 24.5 Å². The Bertz CT molecular complexity index is 1110. The van der Waals surface area contributed by atoms with Crippen LogP contribution in [0.2, 0.25) is 0 Å². The number of amides is 1. The number of hydrogen-bond donors (Lipinski definition) is 3. The molecule has 1 heterocycles. The van der Waals surface area contributed by atoms with Gasteiger partial charge < -0.3 is 30.5 Å². The number of carbonyl (C=O) groups is 2. The van der Waals surface area contributed by atoms with E-state index in [0.717, 1.165) is 35.5 Å². The third kappa shape index (κ3) is 8.62. The number of aliphatic hydroxyl groups is 2. The van der Waals surface area contributed by atoms with Crippen LogP contribution in [0.3, 0.4) is 0 Å². The third-order valence-electron chi connectivity index (χ3n) is 7.65. The van der Waals surface area contributed by atoms with E-state index in [1.165, 1.54) is 19.3 Å². The quantitative estimate of drug-likeness (QED) is 0.440. The predicted molar refractivity (Wildman–Crippen MR) is 154 cm³/mol. The molecule has 0 radical (unpaired) electrons. The van der Waals surface area contributed by atoms with Crippen LogP contribution in [-0.2, 0) is 16.1 Å². The molecule has 39 heavy (non-hydrogen) atoms. The number of nitrogens with two attached hydrogens (primary N) is 1. The first-order valence-electron chi connectivity index (χ1n) is 13.9. The van der Waals surface area contributed by atoms with E-state index in [1.54, 1.807) is 4.90 Å². The Morgan fingerprint density at radius 3 is 2.31 bits per heavy atom.